The molecule has 2 aromatic rings. The first-order valence-corrected chi connectivity index (χ1v) is 7.74. The molecule has 0 aliphatic heterocycles. The molecule has 0 spiro atoms. The highest BCUT2D eigenvalue weighted by atomic mass is 16.5. The third kappa shape index (κ3) is 4.60. The van der Waals surface area contributed by atoms with Crippen molar-refractivity contribution in [3.05, 3.63) is 18.6 Å². The average Bonchev–Trinajstić information content (AvgIpc) is 2.95. The number of ether oxygens (including phenoxy) is 1. The van der Waals surface area contributed by atoms with Gasteiger partial charge in [0.25, 0.3) is 0 Å². The van der Waals surface area contributed by atoms with E-state index in [2.05, 4.69) is 34.4 Å². The summed E-state index contributed by atoms with van der Waals surface area (Å²) < 4.78 is 7.53. The monoisotopic (exact) mass is 291 g/mol. The minimum atomic E-state index is 0.782. The highest BCUT2D eigenvalue weighted by Crippen LogP contribution is 2.16. The number of rotatable bonds is 10. The molecule has 2 N–H and O–H groups in total. The van der Waals surface area contributed by atoms with Crippen LogP contribution in [0.4, 0.5) is 11.6 Å². The number of unbranched alkanes of at least 4 members (excludes halogenated alkanes) is 1. The normalized spacial score (nSPS) is 11.0. The number of fused-ring (bicyclic) bond motifs is 1. The SMILES string of the molecule is CCCCOCCCNc1nc(NCC)cn2ccnc12. The van der Waals surface area contributed by atoms with Gasteiger partial charge in [0.1, 0.15) is 5.82 Å². The van der Waals surface area contributed by atoms with Crippen LogP contribution < -0.4 is 10.6 Å². The lowest BCUT2D eigenvalue weighted by Crippen LogP contribution is -2.10. The van der Waals surface area contributed by atoms with Gasteiger partial charge in [0.15, 0.2) is 11.5 Å². The van der Waals surface area contributed by atoms with E-state index in [9.17, 15) is 0 Å². The zero-order valence-electron chi connectivity index (χ0n) is 12.9. The van der Waals surface area contributed by atoms with Crippen LogP contribution in [0.1, 0.15) is 33.1 Å². The van der Waals surface area contributed by atoms with E-state index < -0.39 is 0 Å². The lowest BCUT2D eigenvalue weighted by atomic mass is 10.3. The molecule has 2 heterocycles. The molecule has 0 amide bonds. The fourth-order valence-corrected chi connectivity index (χ4v) is 2.05. The van der Waals surface area contributed by atoms with E-state index in [4.69, 9.17) is 4.74 Å². The molecule has 116 valence electrons. The number of hydrogen-bond acceptors (Lipinski definition) is 5. The number of anilines is 2. The van der Waals surface area contributed by atoms with E-state index >= 15 is 0 Å². The van der Waals surface area contributed by atoms with Gasteiger partial charge in [-0.25, -0.2) is 9.97 Å². The van der Waals surface area contributed by atoms with Gasteiger partial charge in [0, 0.05) is 38.7 Å². The van der Waals surface area contributed by atoms with Gasteiger partial charge in [-0.3, -0.25) is 0 Å². The summed E-state index contributed by atoms with van der Waals surface area (Å²) in [6.07, 6.45) is 8.93. The molecule has 6 heteroatoms. The molecule has 0 atom stereocenters. The van der Waals surface area contributed by atoms with Gasteiger partial charge in [-0.05, 0) is 19.8 Å². The maximum absolute atomic E-state index is 5.55. The molecular formula is C15H25N5O. The van der Waals surface area contributed by atoms with Crippen molar-refractivity contribution in [2.45, 2.75) is 33.1 Å². The summed E-state index contributed by atoms with van der Waals surface area (Å²) in [7, 11) is 0. The smallest absolute Gasteiger partial charge is 0.180 e. The fourth-order valence-electron chi connectivity index (χ4n) is 2.05. The molecule has 0 aromatic carbocycles. The molecule has 21 heavy (non-hydrogen) atoms. The van der Waals surface area contributed by atoms with Crippen molar-refractivity contribution in [1.29, 1.82) is 0 Å². The maximum Gasteiger partial charge on any atom is 0.180 e. The van der Waals surface area contributed by atoms with Crippen molar-refractivity contribution in [3.8, 4) is 0 Å². The van der Waals surface area contributed by atoms with E-state index in [1.807, 2.05) is 16.8 Å². The number of nitrogens with one attached hydrogen (secondary N) is 2. The second kappa shape index (κ2) is 8.46. The topological polar surface area (TPSA) is 63.5 Å². The predicted molar refractivity (Wildman–Crippen MR) is 86.0 cm³/mol. The Kier molecular flexibility index (Phi) is 6.27. The minimum absolute atomic E-state index is 0.782. The van der Waals surface area contributed by atoms with Gasteiger partial charge >= 0.3 is 0 Å². The van der Waals surface area contributed by atoms with Crippen molar-refractivity contribution in [2.24, 2.45) is 0 Å². The van der Waals surface area contributed by atoms with Crippen LogP contribution in [0.25, 0.3) is 5.65 Å². The zero-order chi connectivity index (χ0) is 14.9. The predicted octanol–water partition coefficient (Wildman–Crippen LogP) is 2.78. The van der Waals surface area contributed by atoms with Gasteiger partial charge in [-0.1, -0.05) is 13.3 Å². The van der Waals surface area contributed by atoms with Crippen LogP contribution in [0.15, 0.2) is 18.6 Å². The quantitative estimate of drug-likeness (QED) is 0.659. The van der Waals surface area contributed by atoms with E-state index in [1.165, 1.54) is 6.42 Å². The summed E-state index contributed by atoms with van der Waals surface area (Å²) in [5.41, 5.74) is 0.851. The number of hydrogen-bond donors (Lipinski definition) is 2. The van der Waals surface area contributed by atoms with Gasteiger partial charge < -0.3 is 19.8 Å². The molecule has 0 fully saturated rings. The lowest BCUT2D eigenvalue weighted by molar-refractivity contribution is 0.131. The zero-order valence-corrected chi connectivity index (χ0v) is 12.9. The summed E-state index contributed by atoms with van der Waals surface area (Å²) in [4.78, 5) is 8.90. The summed E-state index contributed by atoms with van der Waals surface area (Å²) >= 11 is 0. The van der Waals surface area contributed by atoms with Crippen molar-refractivity contribution >= 4 is 17.3 Å². The standard InChI is InChI=1S/C15H25N5O/c1-3-5-10-21-11-6-7-17-14-15-18-8-9-20(15)12-13(19-14)16-4-2/h8-9,12,16H,3-7,10-11H2,1-2H3,(H,17,19). The third-order valence-corrected chi connectivity index (χ3v) is 3.13. The van der Waals surface area contributed by atoms with Crippen molar-refractivity contribution in [3.63, 3.8) is 0 Å². The Morgan fingerprint density at radius 1 is 1.19 bits per heavy atom. The Labute approximate surface area is 125 Å². The summed E-state index contributed by atoms with van der Waals surface area (Å²) in [6.45, 7) is 7.54. The molecule has 0 bridgehead atoms. The maximum atomic E-state index is 5.55. The minimum Gasteiger partial charge on any atom is -0.381 e. The Morgan fingerprint density at radius 2 is 2.05 bits per heavy atom. The van der Waals surface area contributed by atoms with E-state index in [0.717, 1.165) is 56.4 Å². The van der Waals surface area contributed by atoms with Crippen LogP contribution in [0, 0.1) is 0 Å². The van der Waals surface area contributed by atoms with E-state index in [0.29, 0.717) is 0 Å². The summed E-state index contributed by atoms with van der Waals surface area (Å²) in [5, 5.41) is 6.58. The average molecular weight is 291 g/mol. The van der Waals surface area contributed by atoms with Gasteiger partial charge in [-0.2, -0.15) is 0 Å². The first-order valence-electron chi connectivity index (χ1n) is 7.74. The number of imidazole rings is 1. The molecular weight excluding hydrogens is 266 g/mol. The van der Waals surface area contributed by atoms with Crippen molar-refractivity contribution in [2.75, 3.05) is 36.9 Å². The van der Waals surface area contributed by atoms with Crippen molar-refractivity contribution in [1.82, 2.24) is 14.4 Å². The molecule has 0 aliphatic rings. The molecule has 0 unspecified atom stereocenters. The third-order valence-electron chi connectivity index (χ3n) is 3.13. The molecule has 2 rings (SSSR count). The molecule has 0 radical (unpaired) electrons. The fraction of sp³-hybridized carbons (Fsp3) is 0.600. The number of aromatic nitrogens is 3. The largest absolute Gasteiger partial charge is 0.381 e. The van der Waals surface area contributed by atoms with E-state index in [-0.39, 0.29) is 0 Å². The Balaban J connectivity index is 1.87. The van der Waals surface area contributed by atoms with E-state index in [1.54, 1.807) is 6.20 Å². The van der Waals surface area contributed by atoms with Crippen LogP contribution in [0.3, 0.4) is 0 Å². The molecule has 6 nitrogen and oxygen atoms in total. The molecule has 0 saturated heterocycles. The number of nitrogens with zero attached hydrogens (tertiary/aromatic N) is 3. The second-order valence-corrected chi connectivity index (χ2v) is 4.91. The highest BCUT2D eigenvalue weighted by molar-refractivity contribution is 5.65. The lowest BCUT2D eigenvalue weighted by Gasteiger charge is -2.10. The first-order chi connectivity index (χ1) is 10.3. The summed E-state index contributed by atoms with van der Waals surface area (Å²) in [5.74, 6) is 1.66. The van der Waals surface area contributed by atoms with Crippen molar-refractivity contribution < 1.29 is 4.74 Å². The van der Waals surface area contributed by atoms with Gasteiger partial charge in [0.2, 0.25) is 0 Å². The Hall–Kier alpha value is -1.82. The van der Waals surface area contributed by atoms with Crippen LogP contribution in [0.2, 0.25) is 0 Å². The highest BCUT2D eigenvalue weighted by Gasteiger charge is 2.06. The van der Waals surface area contributed by atoms with Crippen LogP contribution in [0.5, 0.6) is 0 Å². The Morgan fingerprint density at radius 3 is 2.86 bits per heavy atom. The van der Waals surface area contributed by atoms with Crippen LogP contribution in [-0.2, 0) is 4.74 Å². The van der Waals surface area contributed by atoms with Crippen LogP contribution >= 0.6 is 0 Å². The molecule has 2 aromatic heterocycles. The molecule has 0 aliphatic carbocycles. The first kappa shape index (κ1) is 15.6. The van der Waals surface area contributed by atoms with Crippen LogP contribution in [-0.4, -0.2) is 40.7 Å². The second-order valence-electron chi connectivity index (χ2n) is 4.91. The Bertz CT molecular complexity index is 540. The molecule has 0 saturated carbocycles. The summed E-state index contributed by atoms with van der Waals surface area (Å²) in [6, 6.07) is 0. The van der Waals surface area contributed by atoms with Gasteiger partial charge in [0.05, 0.1) is 6.20 Å². The van der Waals surface area contributed by atoms with Gasteiger partial charge in [-0.15, -0.1) is 0 Å².